The highest BCUT2D eigenvalue weighted by molar-refractivity contribution is 5.89. The summed E-state index contributed by atoms with van der Waals surface area (Å²) in [6.07, 6.45) is 7.03. The summed E-state index contributed by atoms with van der Waals surface area (Å²) >= 11 is 0. The maximum absolute atomic E-state index is 13.8. The molecule has 0 unspecified atom stereocenters. The molecule has 0 fully saturated rings. The maximum atomic E-state index is 13.8. The second-order valence-corrected chi connectivity index (χ2v) is 5.83. The number of benzene rings is 1. The Bertz CT molecular complexity index is 753. The molecule has 0 atom stereocenters. The van der Waals surface area contributed by atoms with E-state index in [1.54, 1.807) is 23.2 Å². The SMILES string of the molecule is CCCn1cc(NC(=O)N2CC=C(c3ccccc3F)CC2)cn1. The molecule has 1 N–H and O–H groups in total. The molecule has 0 saturated carbocycles. The van der Waals surface area contributed by atoms with Gasteiger partial charge in [-0.15, -0.1) is 0 Å². The van der Waals surface area contributed by atoms with Crippen LogP contribution in [-0.2, 0) is 6.54 Å². The fourth-order valence-corrected chi connectivity index (χ4v) is 2.80. The van der Waals surface area contributed by atoms with Crippen LogP contribution in [-0.4, -0.2) is 33.8 Å². The fraction of sp³-hybridized carbons (Fsp3) is 0.333. The van der Waals surface area contributed by atoms with E-state index in [-0.39, 0.29) is 11.8 Å². The summed E-state index contributed by atoms with van der Waals surface area (Å²) in [5.41, 5.74) is 2.27. The summed E-state index contributed by atoms with van der Waals surface area (Å²) in [4.78, 5) is 14.0. The Morgan fingerprint density at radius 1 is 1.38 bits per heavy atom. The number of hydrogen-bond donors (Lipinski definition) is 1. The predicted octanol–water partition coefficient (Wildman–Crippen LogP) is 3.75. The van der Waals surface area contributed by atoms with Gasteiger partial charge in [0.15, 0.2) is 0 Å². The van der Waals surface area contributed by atoms with Crippen LogP contribution in [0.5, 0.6) is 0 Å². The molecule has 0 spiro atoms. The summed E-state index contributed by atoms with van der Waals surface area (Å²) < 4.78 is 15.6. The third-order valence-corrected chi connectivity index (χ3v) is 4.05. The average Bonchev–Trinajstić information content (AvgIpc) is 3.03. The lowest BCUT2D eigenvalue weighted by Crippen LogP contribution is -2.37. The molecule has 1 aliphatic heterocycles. The summed E-state index contributed by atoms with van der Waals surface area (Å²) in [5, 5.41) is 7.05. The van der Waals surface area contributed by atoms with Crippen LogP contribution in [0.15, 0.2) is 42.7 Å². The van der Waals surface area contributed by atoms with Crippen molar-refractivity contribution in [3.8, 4) is 0 Å². The van der Waals surface area contributed by atoms with Crippen molar-refractivity contribution >= 4 is 17.3 Å². The van der Waals surface area contributed by atoms with Crippen LogP contribution in [0, 0.1) is 5.82 Å². The van der Waals surface area contributed by atoms with Crippen LogP contribution in [0.4, 0.5) is 14.9 Å². The number of aryl methyl sites for hydroxylation is 1. The molecule has 2 amide bonds. The largest absolute Gasteiger partial charge is 0.322 e. The molecule has 0 aliphatic carbocycles. The van der Waals surface area contributed by atoms with Gasteiger partial charge in [-0.1, -0.05) is 31.2 Å². The first kappa shape index (κ1) is 16.2. The molecule has 6 heteroatoms. The molecule has 0 saturated heterocycles. The minimum atomic E-state index is -0.218. The normalized spacial score (nSPS) is 14.4. The summed E-state index contributed by atoms with van der Waals surface area (Å²) in [5.74, 6) is -0.218. The van der Waals surface area contributed by atoms with Gasteiger partial charge in [0.25, 0.3) is 0 Å². The van der Waals surface area contributed by atoms with E-state index >= 15 is 0 Å². The van der Waals surface area contributed by atoms with Gasteiger partial charge in [-0.25, -0.2) is 9.18 Å². The van der Waals surface area contributed by atoms with Crippen LogP contribution in [0.2, 0.25) is 0 Å². The highest BCUT2D eigenvalue weighted by Gasteiger charge is 2.19. The van der Waals surface area contributed by atoms with E-state index in [2.05, 4.69) is 17.3 Å². The molecule has 2 aromatic rings. The standard InChI is InChI=1S/C18H21FN4O/c1-2-9-23-13-15(12-20-23)21-18(24)22-10-7-14(8-11-22)16-5-3-4-6-17(16)19/h3-7,12-13H,2,8-11H2,1H3,(H,21,24). The van der Waals surface area contributed by atoms with Crippen molar-refractivity contribution in [2.24, 2.45) is 0 Å². The smallest absolute Gasteiger partial charge is 0.320 e. The highest BCUT2D eigenvalue weighted by atomic mass is 19.1. The van der Waals surface area contributed by atoms with Crippen LogP contribution in [0.1, 0.15) is 25.3 Å². The molecule has 126 valence electrons. The Morgan fingerprint density at radius 3 is 2.92 bits per heavy atom. The number of halogens is 1. The van der Waals surface area contributed by atoms with Gasteiger partial charge in [-0.2, -0.15) is 5.10 Å². The first-order chi connectivity index (χ1) is 11.7. The Morgan fingerprint density at radius 2 is 2.21 bits per heavy atom. The van der Waals surface area contributed by atoms with Crippen molar-refractivity contribution < 1.29 is 9.18 Å². The molecule has 1 aromatic heterocycles. The predicted molar refractivity (Wildman–Crippen MR) is 92.1 cm³/mol. The van der Waals surface area contributed by atoms with Gasteiger partial charge in [0.05, 0.1) is 11.9 Å². The molecule has 24 heavy (non-hydrogen) atoms. The van der Waals surface area contributed by atoms with Crippen molar-refractivity contribution in [1.82, 2.24) is 14.7 Å². The van der Waals surface area contributed by atoms with Gasteiger partial charge in [0, 0.05) is 31.4 Å². The quantitative estimate of drug-likeness (QED) is 0.929. The number of nitrogens with one attached hydrogen (secondary N) is 1. The first-order valence-corrected chi connectivity index (χ1v) is 8.19. The zero-order valence-electron chi connectivity index (χ0n) is 13.7. The molecular weight excluding hydrogens is 307 g/mol. The number of rotatable bonds is 4. The lowest BCUT2D eigenvalue weighted by Gasteiger charge is -2.26. The molecule has 3 rings (SSSR count). The average molecular weight is 328 g/mol. The van der Waals surface area contributed by atoms with Gasteiger partial charge in [-0.05, 0) is 24.5 Å². The number of nitrogens with zero attached hydrogens (tertiary/aromatic N) is 3. The number of carbonyl (C=O) groups is 1. The maximum Gasteiger partial charge on any atom is 0.322 e. The lowest BCUT2D eigenvalue weighted by molar-refractivity contribution is 0.217. The second kappa shape index (κ2) is 7.29. The summed E-state index contributed by atoms with van der Waals surface area (Å²) in [6.45, 7) is 3.94. The number of amides is 2. The number of hydrogen-bond acceptors (Lipinski definition) is 2. The van der Waals surface area contributed by atoms with Gasteiger partial charge in [0.2, 0.25) is 0 Å². The van der Waals surface area contributed by atoms with E-state index in [0.717, 1.165) is 18.5 Å². The Balaban J connectivity index is 1.61. The van der Waals surface area contributed by atoms with E-state index in [0.29, 0.717) is 30.8 Å². The topological polar surface area (TPSA) is 50.2 Å². The Hall–Kier alpha value is -2.63. The van der Waals surface area contributed by atoms with Crippen LogP contribution in [0.3, 0.4) is 0 Å². The van der Waals surface area contributed by atoms with E-state index in [4.69, 9.17) is 0 Å². The summed E-state index contributed by atoms with van der Waals surface area (Å²) in [6, 6.07) is 6.59. The molecule has 1 aromatic carbocycles. The number of urea groups is 1. The minimum Gasteiger partial charge on any atom is -0.320 e. The molecule has 2 heterocycles. The highest BCUT2D eigenvalue weighted by Crippen LogP contribution is 2.24. The van der Waals surface area contributed by atoms with Crippen molar-refractivity contribution in [2.45, 2.75) is 26.3 Å². The molecule has 1 aliphatic rings. The minimum absolute atomic E-state index is 0.158. The Labute approximate surface area is 140 Å². The van der Waals surface area contributed by atoms with Crippen molar-refractivity contribution in [1.29, 1.82) is 0 Å². The van der Waals surface area contributed by atoms with Crippen molar-refractivity contribution in [2.75, 3.05) is 18.4 Å². The zero-order valence-corrected chi connectivity index (χ0v) is 13.7. The van der Waals surface area contributed by atoms with Crippen LogP contribution >= 0.6 is 0 Å². The fourth-order valence-electron chi connectivity index (χ4n) is 2.80. The Kier molecular flexibility index (Phi) is 4.93. The molecular formula is C18H21FN4O. The lowest BCUT2D eigenvalue weighted by atomic mass is 9.99. The van der Waals surface area contributed by atoms with Gasteiger partial charge >= 0.3 is 6.03 Å². The van der Waals surface area contributed by atoms with E-state index in [1.165, 1.54) is 6.07 Å². The molecule has 0 radical (unpaired) electrons. The van der Waals surface area contributed by atoms with Crippen molar-refractivity contribution in [3.63, 3.8) is 0 Å². The van der Waals surface area contributed by atoms with E-state index in [1.807, 2.05) is 23.0 Å². The third-order valence-electron chi connectivity index (χ3n) is 4.05. The van der Waals surface area contributed by atoms with Gasteiger partial charge < -0.3 is 10.2 Å². The van der Waals surface area contributed by atoms with Gasteiger partial charge in [-0.3, -0.25) is 4.68 Å². The monoisotopic (exact) mass is 328 g/mol. The second-order valence-electron chi connectivity index (χ2n) is 5.83. The van der Waals surface area contributed by atoms with E-state index < -0.39 is 0 Å². The third kappa shape index (κ3) is 3.64. The number of carbonyl (C=O) groups excluding carboxylic acids is 1. The zero-order chi connectivity index (χ0) is 16.9. The molecule has 5 nitrogen and oxygen atoms in total. The van der Waals surface area contributed by atoms with Crippen LogP contribution in [0.25, 0.3) is 5.57 Å². The summed E-state index contributed by atoms with van der Waals surface area (Å²) in [7, 11) is 0. The van der Waals surface area contributed by atoms with Gasteiger partial charge in [0.1, 0.15) is 5.82 Å². The number of aromatic nitrogens is 2. The van der Waals surface area contributed by atoms with Crippen LogP contribution < -0.4 is 5.32 Å². The van der Waals surface area contributed by atoms with Crippen molar-refractivity contribution in [3.05, 3.63) is 54.1 Å². The molecule has 0 bridgehead atoms. The number of anilines is 1. The van der Waals surface area contributed by atoms with E-state index in [9.17, 15) is 9.18 Å². The first-order valence-electron chi connectivity index (χ1n) is 8.19.